The first kappa shape index (κ1) is 17.1. The normalized spacial score (nSPS) is 15.0. The Bertz CT molecular complexity index is 960. The lowest BCUT2D eigenvalue weighted by molar-refractivity contribution is 0.348. The molecule has 1 aliphatic carbocycles. The zero-order chi connectivity index (χ0) is 18.0. The molecule has 3 aromatic carbocycles. The molecule has 130 valence electrons. The van der Waals surface area contributed by atoms with Gasteiger partial charge in [-0.15, -0.1) is 0 Å². The van der Waals surface area contributed by atoms with E-state index < -0.39 is 7.37 Å². The monoisotopic (exact) mass is 381 g/mol. The standard InChI is InChI=1S/C21H17ClNO2P/c22-17-12-13-20-16(15-17)11-14-21(20)23-25-26(24,18-7-3-1-4-8-18)19-9-5-2-6-10-19/h1-10,12-13,15H,11,14H2/b23-21+. The largest absolute Gasteiger partial charge is 0.330 e. The lowest BCUT2D eigenvalue weighted by Gasteiger charge is -2.16. The Kier molecular flexibility index (Phi) is 4.67. The first-order valence-corrected chi connectivity index (χ1v) is 10.4. The smallest absolute Gasteiger partial charge is 0.330 e. The van der Waals surface area contributed by atoms with Crippen molar-refractivity contribution in [1.29, 1.82) is 0 Å². The van der Waals surface area contributed by atoms with Gasteiger partial charge in [-0.05, 0) is 54.8 Å². The Balaban J connectivity index is 1.73. The Morgan fingerprint density at radius 3 is 2.08 bits per heavy atom. The number of hydrogen-bond donors (Lipinski definition) is 0. The average Bonchev–Trinajstić information content (AvgIpc) is 3.09. The minimum Gasteiger partial charge on any atom is -0.330 e. The summed E-state index contributed by atoms with van der Waals surface area (Å²) >= 11 is 6.07. The quantitative estimate of drug-likeness (QED) is 0.474. The highest BCUT2D eigenvalue weighted by atomic mass is 35.5. The molecule has 3 nitrogen and oxygen atoms in total. The maximum Gasteiger partial charge on any atom is 0.330 e. The van der Waals surface area contributed by atoms with Crippen LogP contribution in [0, 0.1) is 0 Å². The fourth-order valence-electron chi connectivity index (χ4n) is 3.13. The molecule has 0 saturated heterocycles. The van der Waals surface area contributed by atoms with Crippen molar-refractivity contribution in [2.45, 2.75) is 12.8 Å². The molecule has 0 bridgehead atoms. The van der Waals surface area contributed by atoms with E-state index in [1.165, 1.54) is 0 Å². The number of fused-ring (bicyclic) bond motifs is 1. The third kappa shape index (κ3) is 3.21. The molecule has 3 aromatic rings. The zero-order valence-electron chi connectivity index (χ0n) is 14.0. The van der Waals surface area contributed by atoms with Crippen LogP contribution in [0.15, 0.2) is 84.0 Å². The second-order valence-electron chi connectivity index (χ2n) is 6.14. The second kappa shape index (κ2) is 7.11. The second-order valence-corrected chi connectivity index (χ2v) is 8.88. The molecule has 0 atom stereocenters. The highest BCUT2D eigenvalue weighted by Crippen LogP contribution is 2.45. The van der Waals surface area contributed by atoms with Crippen LogP contribution >= 0.6 is 19.0 Å². The van der Waals surface area contributed by atoms with Crippen molar-refractivity contribution in [2.24, 2.45) is 5.16 Å². The summed E-state index contributed by atoms with van der Waals surface area (Å²) in [6, 6.07) is 24.2. The van der Waals surface area contributed by atoms with Crippen LogP contribution in [0.2, 0.25) is 5.02 Å². The molecular weight excluding hydrogens is 365 g/mol. The van der Waals surface area contributed by atoms with E-state index in [1.54, 1.807) is 0 Å². The van der Waals surface area contributed by atoms with Crippen LogP contribution in [0.1, 0.15) is 17.5 Å². The molecule has 0 saturated carbocycles. The van der Waals surface area contributed by atoms with Gasteiger partial charge in [0.15, 0.2) is 0 Å². The Morgan fingerprint density at radius 1 is 0.846 bits per heavy atom. The minimum absolute atomic E-state index is 0.630. The van der Waals surface area contributed by atoms with E-state index in [2.05, 4.69) is 5.16 Å². The molecule has 5 heteroatoms. The highest BCUT2D eigenvalue weighted by Gasteiger charge is 2.31. The summed E-state index contributed by atoms with van der Waals surface area (Å²) < 4.78 is 19.6. The minimum atomic E-state index is -3.31. The van der Waals surface area contributed by atoms with E-state index in [4.69, 9.17) is 16.2 Å². The topological polar surface area (TPSA) is 38.7 Å². The van der Waals surface area contributed by atoms with Gasteiger partial charge in [-0.25, -0.2) is 0 Å². The van der Waals surface area contributed by atoms with Crippen molar-refractivity contribution in [1.82, 2.24) is 0 Å². The van der Waals surface area contributed by atoms with Gasteiger partial charge in [-0.1, -0.05) is 59.2 Å². The van der Waals surface area contributed by atoms with Crippen LogP contribution in [0.25, 0.3) is 0 Å². The van der Waals surface area contributed by atoms with E-state index in [0.717, 1.165) is 29.7 Å². The number of oxime groups is 1. The van der Waals surface area contributed by atoms with Crippen molar-refractivity contribution in [2.75, 3.05) is 0 Å². The molecule has 0 N–H and O–H groups in total. The Labute approximate surface area is 157 Å². The van der Waals surface area contributed by atoms with Crippen molar-refractivity contribution in [3.05, 3.63) is 95.0 Å². The van der Waals surface area contributed by atoms with Gasteiger partial charge in [0.1, 0.15) is 0 Å². The van der Waals surface area contributed by atoms with Gasteiger partial charge in [0.2, 0.25) is 0 Å². The molecule has 1 aliphatic rings. The predicted molar refractivity (Wildman–Crippen MR) is 107 cm³/mol. The van der Waals surface area contributed by atoms with Gasteiger partial charge in [-0.2, -0.15) is 0 Å². The molecule has 0 radical (unpaired) electrons. The molecule has 0 unspecified atom stereocenters. The van der Waals surface area contributed by atoms with Crippen molar-refractivity contribution in [3.8, 4) is 0 Å². The molecule has 26 heavy (non-hydrogen) atoms. The zero-order valence-corrected chi connectivity index (χ0v) is 15.7. The summed E-state index contributed by atoms with van der Waals surface area (Å²) in [5, 5.41) is 6.30. The Hall–Kier alpha value is -2.35. The lowest BCUT2D eigenvalue weighted by atomic mass is 10.1. The molecule has 0 aromatic heterocycles. The van der Waals surface area contributed by atoms with Gasteiger partial charge < -0.3 is 4.62 Å². The molecule has 0 heterocycles. The van der Waals surface area contributed by atoms with Crippen molar-refractivity contribution >= 4 is 35.3 Å². The van der Waals surface area contributed by atoms with Gasteiger partial charge in [0, 0.05) is 10.6 Å². The fraction of sp³-hybridized carbons (Fsp3) is 0.0952. The number of halogens is 1. The number of rotatable bonds is 4. The van der Waals surface area contributed by atoms with Crippen molar-refractivity contribution in [3.63, 3.8) is 0 Å². The van der Waals surface area contributed by atoms with Crippen molar-refractivity contribution < 1.29 is 9.19 Å². The first-order chi connectivity index (χ1) is 12.7. The summed E-state index contributed by atoms with van der Waals surface area (Å²) in [7, 11) is -3.31. The SMILES string of the molecule is O=P(O/N=C1\CCc2cc(Cl)ccc21)(c1ccccc1)c1ccccc1. The summed E-state index contributed by atoms with van der Waals surface area (Å²) in [6.45, 7) is 0. The maximum atomic E-state index is 13.8. The summed E-state index contributed by atoms with van der Waals surface area (Å²) in [6.07, 6.45) is 1.61. The van der Waals surface area contributed by atoms with E-state index in [0.29, 0.717) is 15.6 Å². The molecule has 0 fully saturated rings. The first-order valence-electron chi connectivity index (χ1n) is 8.42. The number of benzene rings is 3. The van der Waals surface area contributed by atoms with Gasteiger partial charge in [0.25, 0.3) is 0 Å². The van der Waals surface area contributed by atoms with Gasteiger partial charge >= 0.3 is 7.37 Å². The number of hydrogen-bond acceptors (Lipinski definition) is 3. The molecule has 0 spiro atoms. The molecule has 0 aliphatic heterocycles. The fourth-order valence-corrected chi connectivity index (χ4v) is 5.16. The third-order valence-corrected chi connectivity index (χ3v) is 6.97. The van der Waals surface area contributed by atoms with E-state index in [9.17, 15) is 4.57 Å². The average molecular weight is 382 g/mol. The summed E-state index contributed by atoms with van der Waals surface area (Å²) in [5.74, 6) is 0. The highest BCUT2D eigenvalue weighted by molar-refractivity contribution is 7.74. The van der Waals surface area contributed by atoms with Crippen LogP contribution in [-0.2, 0) is 15.6 Å². The van der Waals surface area contributed by atoms with Crippen LogP contribution in [0.3, 0.4) is 0 Å². The molecule has 4 rings (SSSR count). The van der Waals surface area contributed by atoms with Crippen LogP contribution < -0.4 is 10.6 Å². The number of aryl methyl sites for hydroxylation is 1. The molecule has 0 amide bonds. The van der Waals surface area contributed by atoms with Crippen LogP contribution in [0.4, 0.5) is 0 Å². The lowest BCUT2D eigenvalue weighted by Crippen LogP contribution is -2.17. The number of nitrogens with zero attached hydrogens (tertiary/aromatic N) is 1. The van der Waals surface area contributed by atoms with Gasteiger partial charge in [0.05, 0.1) is 16.3 Å². The summed E-state index contributed by atoms with van der Waals surface area (Å²) in [5.41, 5.74) is 2.97. The molecular formula is C21H17ClNO2P. The van der Waals surface area contributed by atoms with E-state index in [1.807, 2.05) is 78.9 Å². The van der Waals surface area contributed by atoms with E-state index >= 15 is 0 Å². The van der Waals surface area contributed by atoms with Gasteiger partial charge in [-0.3, -0.25) is 4.57 Å². The predicted octanol–water partition coefficient (Wildman–Crippen LogP) is 4.94. The third-order valence-electron chi connectivity index (χ3n) is 4.47. The maximum absolute atomic E-state index is 13.8. The summed E-state index contributed by atoms with van der Waals surface area (Å²) in [4.78, 5) is 0. The Morgan fingerprint density at radius 2 is 1.46 bits per heavy atom. The van der Waals surface area contributed by atoms with Crippen LogP contribution in [-0.4, -0.2) is 5.71 Å². The van der Waals surface area contributed by atoms with E-state index in [-0.39, 0.29) is 0 Å². The van der Waals surface area contributed by atoms with Crippen LogP contribution in [0.5, 0.6) is 0 Å².